The Kier molecular flexibility index (Phi) is 3.92. The van der Waals surface area contributed by atoms with Crippen LogP contribution in [0.2, 0.25) is 0 Å². The molecule has 0 aliphatic heterocycles. The summed E-state index contributed by atoms with van der Waals surface area (Å²) in [7, 11) is 0. The predicted molar refractivity (Wildman–Crippen MR) is 60.2 cm³/mol. The lowest BCUT2D eigenvalue weighted by molar-refractivity contribution is -0.384. The van der Waals surface area contributed by atoms with Gasteiger partial charge in [0.25, 0.3) is 11.6 Å². The Morgan fingerprint density at radius 2 is 2.29 bits per heavy atom. The highest BCUT2D eigenvalue weighted by atomic mass is 19.1. The topological polar surface area (TPSA) is 72.2 Å². The minimum absolute atomic E-state index is 0.331. The Bertz CT molecular complexity index is 474. The molecule has 0 saturated carbocycles. The van der Waals surface area contributed by atoms with Crippen molar-refractivity contribution in [2.24, 2.45) is 0 Å². The van der Waals surface area contributed by atoms with Gasteiger partial charge in [0.05, 0.1) is 10.5 Å². The highest BCUT2D eigenvalue weighted by Gasteiger charge is 2.17. The molecule has 1 aromatic carbocycles. The first-order chi connectivity index (χ1) is 7.95. The molecule has 1 amide bonds. The van der Waals surface area contributed by atoms with Gasteiger partial charge in [-0.2, -0.15) is 0 Å². The molecule has 0 aromatic heterocycles. The van der Waals surface area contributed by atoms with E-state index in [4.69, 9.17) is 0 Å². The number of nitrogens with zero attached hydrogens (tertiary/aromatic N) is 1. The van der Waals surface area contributed by atoms with Gasteiger partial charge in [-0.25, -0.2) is 4.39 Å². The molecule has 0 fully saturated rings. The van der Waals surface area contributed by atoms with Gasteiger partial charge in [0.15, 0.2) is 0 Å². The van der Waals surface area contributed by atoms with Gasteiger partial charge in [-0.05, 0) is 13.0 Å². The van der Waals surface area contributed by atoms with Crippen molar-refractivity contribution in [1.29, 1.82) is 0 Å². The minimum atomic E-state index is -0.802. The van der Waals surface area contributed by atoms with Gasteiger partial charge in [-0.1, -0.05) is 6.08 Å². The lowest BCUT2D eigenvalue weighted by Crippen LogP contribution is -2.31. The van der Waals surface area contributed by atoms with Gasteiger partial charge >= 0.3 is 0 Å². The summed E-state index contributed by atoms with van der Waals surface area (Å²) in [5, 5.41) is 12.9. The van der Waals surface area contributed by atoms with Crippen molar-refractivity contribution in [2.45, 2.75) is 13.0 Å². The van der Waals surface area contributed by atoms with E-state index in [1.165, 1.54) is 6.08 Å². The second-order valence-corrected chi connectivity index (χ2v) is 3.42. The molecule has 1 unspecified atom stereocenters. The van der Waals surface area contributed by atoms with Crippen LogP contribution >= 0.6 is 0 Å². The summed E-state index contributed by atoms with van der Waals surface area (Å²) >= 11 is 0. The Balaban J connectivity index is 3.03. The second kappa shape index (κ2) is 5.20. The largest absolute Gasteiger partial charge is 0.346 e. The Labute approximate surface area is 97.1 Å². The molecule has 90 valence electrons. The van der Waals surface area contributed by atoms with Crippen LogP contribution in [0.4, 0.5) is 10.1 Å². The fourth-order valence-corrected chi connectivity index (χ4v) is 1.14. The molecule has 0 bridgehead atoms. The molecule has 0 heterocycles. The number of carbonyl (C=O) groups excluding carboxylic acids is 1. The maximum atomic E-state index is 13.3. The fourth-order valence-electron chi connectivity index (χ4n) is 1.14. The van der Waals surface area contributed by atoms with Crippen LogP contribution in [0.25, 0.3) is 0 Å². The van der Waals surface area contributed by atoms with Gasteiger partial charge < -0.3 is 5.32 Å². The molecule has 1 N–H and O–H groups in total. The first kappa shape index (κ1) is 12.8. The number of benzene rings is 1. The molecule has 0 radical (unpaired) electrons. The first-order valence-electron chi connectivity index (χ1n) is 4.83. The fraction of sp³-hybridized carbons (Fsp3) is 0.182. The number of nitro groups is 1. The van der Waals surface area contributed by atoms with Gasteiger partial charge in [0.2, 0.25) is 0 Å². The number of hydrogen-bond donors (Lipinski definition) is 1. The van der Waals surface area contributed by atoms with E-state index in [9.17, 15) is 19.3 Å². The van der Waals surface area contributed by atoms with Gasteiger partial charge in [-0.15, -0.1) is 6.58 Å². The zero-order valence-corrected chi connectivity index (χ0v) is 9.14. The molecule has 1 atom stereocenters. The van der Waals surface area contributed by atoms with Crippen molar-refractivity contribution in [3.63, 3.8) is 0 Å². The van der Waals surface area contributed by atoms with E-state index in [1.807, 2.05) is 0 Å². The monoisotopic (exact) mass is 238 g/mol. The maximum Gasteiger partial charge on any atom is 0.270 e. The van der Waals surface area contributed by atoms with Crippen LogP contribution in [0.3, 0.4) is 0 Å². The van der Waals surface area contributed by atoms with Crippen LogP contribution in [0.15, 0.2) is 30.9 Å². The van der Waals surface area contributed by atoms with Crippen LogP contribution in [0.5, 0.6) is 0 Å². The lowest BCUT2D eigenvalue weighted by Gasteiger charge is -2.09. The Morgan fingerprint density at radius 1 is 1.65 bits per heavy atom. The highest BCUT2D eigenvalue weighted by Crippen LogP contribution is 2.16. The molecular weight excluding hydrogens is 227 g/mol. The molecule has 0 aliphatic carbocycles. The molecule has 5 nitrogen and oxygen atoms in total. The summed E-state index contributed by atoms with van der Waals surface area (Å²) in [6.45, 7) is 5.11. The molecule has 17 heavy (non-hydrogen) atoms. The van der Waals surface area contributed by atoms with E-state index in [1.54, 1.807) is 6.92 Å². The van der Waals surface area contributed by atoms with Crippen molar-refractivity contribution in [3.05, 3.63) is 52.3 Å². The van der Waals surface area contributed by atoms with E-state index in [-0.39, 0.29) is 17.3 Å². The number of rotatable bonds is 4. The molecule has 6 heteroatoms. The summed E-state index contributed by atoms with van der Waals surface area (Å²) in [5.41, 5.74) is -0.685. The summed E-state index contributed by atoms with van der Waals surface area (Å²) in [6.07, 6.45) is 1.47. The van der Waals surface area contributed by atoms with Crippen LogP contribution in [-0.2, 0) is 0 Å². The standard InChI is InChI=1S/C11H11FN2O3/c1-3-7(2)13-11(15)9-6-8(14(16)17)4-5-10(9)12/h3-7H,1H2,2H3,(H,13,15). The molecular formula is C11H11FN2O3. The Hall–Kier alpha value is -2.24. The third-order valence-electron chi connectivity index (χ3n) is 2.12. The Morgan fingerprint density at radius 3 is 2.82 bits per heavy atom. The number of halogens is 1. The number of carbonyl (C=O) groups is 1. The SMILES string of the molecule is C=CC(C)NC(=O)c1cc([N+](=O)[O-])ccc1F. The zero-order valence-electron chi connectivity index (χ0n) is 9.14. The van der Waals surface area contributed by atoms with Crippen LogP contribution in [-0.4, -0.2) is 16.9 Å². The molecule has 0 aliphatic rings. The summed E-state index contributed by atoms with van der Waals surface area (Å²) in [5.74, 6) is -1.51. The molecule has 1 rings (SSSR count). The van der Waals surface area contributed by atoms with E-state index >= 15 is 0 Å². The number of nitro benzene ring substituents is 1. The van der Waals surface area contributed by atoms with Crippen molar-refractivity contribution in [2.75, 3.05) is 0 Å². The molecule has 1 aromatic rings. The van der Waals surface area contributed by atoms with E-state index < -0.39 is 16.6 Å². The van der Waals surface area contributed by atoms with Gasteiger partial charge in [0, 0.05) is 18.2 Å². The summed E-state index contributed by atoms with van der Waals surface area (Å²) < 4.78 is 13.3. The smallest absolute Gasteiger partial charge is 0.270 e. The van der Waals surface area contributed by atoms with Crippen LogP contribution < -0.4 is 5.32 Å². The van der Waals surface area contributed by atoms with Gasteiger partial charge in [-0.3, -0.25) is 14.9 Å². The summed E-state index contributed by atoms with van der Waals surface area (Å²) in [6, 6.07) is 2.45. The van der Waals surface area contributed by atoms with Crippen LogP contribution in [0, 0.1) is 15.9 Å². The van der Waals surface area contributed by atoms with Gasteiger partial charge in [0.1, 0.15) is 5.82 Å². The first-order valence-corrected chi connectivity index (χ1v) is 4.83. The van der Waals surface area contributed by atoms with Crippen molar-refractivity contribution in [1.82, 2.24) is 5.32 Å². The number of amides is 1. The number of hydrogen-bond acceptors (Lipinski definition) is 3. The summed E-state index contributed by atoms with van der Waals surface area (Å²) in [4.78, 5) is 21.4. The lowest BCUT2D eigenvalue weighted by atomic mass is 10.1. The number of nitrogens with one attached hydrogen (secondary N) is 1. The quantitative estimate of drug-likeness (QED) is 0.495. The maximum absolute atomic E-state index is 13.3. The predicted octanol–water partition coefficient (Wildman–Crippen LogP) is 2.04. The van der Waals surface area contributed by atoms with Crippen molar-refractivity contribution >= 4 is 11.6 Å². The highest BCUT2D eigenvalue weighted by molar-refractivity contribution is 5.95. The van der Waals surface area contributed by atoms with Crippen molar-refractivity contribution in [3.8, 4) is 0 Å². The third kappa shape index (κ3) is 3.10. The zero-order chi connectivity index (χ0) is 13.0. The van der Waals surface area contributed by atoms with E-state index in [0.29, 0.717) is 0 Å². The molecule has 0 spiro atoms. The third-order valence-corrected chi connectivity index (χ3v) is 2.12. The normalized spacial score (nSPS) is 11.6. The average molecular weight is 238 g/mol. The van der Waals surface area contributed by atoms with Crippen molar-refractivity contribution < 1.29 is 14.1 Å². The minimum Gasteiger partial charge on any atom is -0.346 e. The number of non-ortho nitro benzene ring substituents is 1. The average Bonchev–Trinajstić information content (AvgIpc) is 2.28. The molecule has 0 saturated heterocycles. The second-order valence-electron chi connectivity index (χ2n) is 3.42. The van der Waals surface area contributed by atoms with E-state index in [2.05, 4.69) is 11.9 Å². The van der Waals surface area contributed by atoms with Crippen LogP contribution in [0.1, 0.15) is 17.3 Å². The van der Waals surface area contributed by atoms with E-state index in [0.717, 1.165) is 18.2 Å².